The average Bonchev–Trinajstić information content (AvgIpc) is 2.98. The zero-order valence-electron chi connectivity index (χ0n) is 8.63. The van der Waals surface area contributed by atoms with Crippen LogP contribution in [0, 0.1) is 5.82 Å². The van der Waals surface area contributed by atoms with E-state index in [1.165, 1.54) is 6.07 Å². The highest BCUT2D eigenvalue weighted by molar-refractivity contribution is 9.10. The summed E-state index contributed by atoms with van der Waals surface area (Å²) in [5.74, 6) is -1.92. The highest BCUT2D eigenvalue weighted by Crippen LogP contribution is 2.40. The van der Waals surface area contributed by atoms with Gasteiger partial charge in [0.2, 0.25) is 0 Å². The molecule has 1 aliphatic carbocycles. The second-order valence-corrected chi connectivity index (χ2v) is 5.25. The third-order valence-electron chi connectivity index (χ3n) is 3.03. The van der Waals surface area contributed by atoms with Gasteiger partial charge in [-0.05, 0) is 53.2 Å². The van der Waals surface area contributed by atoms with Gasteiger partial charge in [0.15, 0.2) is 17.3 Å². The fourth-order valence-electron chi connectivity index (χ4n) is 1.64. The number of phenols is 2. The van der Waals surface area contributed by atoms with Gasteiger partial charge in [-0.1, -0.05) is 0 Å². The molecule has 0 aliphatic heterocycles. The Balaban J connectivity index is 2.20. The Kier molecular flexibility index (Phi) is 2.84. The molecule has 0 bridgehead atoms. The highest BCUT2D eigenvalue weighted by Gasteiger charge is 2.37. The molecule has 0 spiro atoms. The second-order valence-electron chi connectivity index (χ2n) is 4.39. The lowest BCUT2D eigenvalue weighted by Crippen LogP contribution is -2.22. The lowest BCUT2D eigenvalue weighted by atomic mass is 10.0. The number of hydrogen-bond donors (Lipinski definition) is 3. The summed E-state index contributed by atoms with van der Waals surface area (Å²) in [5, 5.41) is 18.9. The predicted octanol–water partition coefficient (Wildman–Crippen LogP) is 2.42. The van der Waals surface area contributed by atoms with Gasteiger partial charge in [-0.2, -0.15) is 0 Å². The molecule has 0 unspecified atom stereocenters. The van der Waals surface area contributed by atoms with Gasteiger partial charge in [0, 0.05) is 5.54 Å². The van der Waals surface area contributed by atoms with Crippen molar-refractivity contribution in [1.82, 2.24) is 0 Å². The Labute approximate surface area is 101 Å². The zero-order chi connectivity index (χ0) is 11.9. The Morgan fingerprint density at radius 2 is 2.00 bits per heavy atom. The first-order valence-electron chi connectivity index (χ1n) is 5.11. The molecule has 88 valence electrons. The number of hydrogen-bond acceptors (Lipinski definition) is 3. The van der Waals surface area contributed by atoms with Crippen molar-refractivity contribution >= 4 is 15.9 Å². The lowest BCUT2D eigenvalue weighted by Gasteiger charge is -2.11. The predicted molar refractivity (Wildman–Crippen MR) is 61.9 cm³/mol. The van der Waals surface area contributed by atoms with E-state index >= 15 is 0 Å². The summed E-state index contributed by atoms with van der Waals surface area (Å²) in [4.78, 5) is 0. The van der Waals surface area contributed by atoms with Crippen LogP contribution in [0.5, 0.6) is 11.5 Å². The molecular weight excluding hydrogens is 277 g/mol. The number of aryl methyl sites for hydroxylation is 1. The van der Waals surface area contributed by atoms with Crippen LogP contribution < -0.4 is 5.73 Å². The van der Waals surface area contributed by atoms with Crippen LogP contribution in [0.4, 0.5) is 4.39 Å². The summed E-state index contributed by atoms with van der Waals surface area (Å²) < 4.78 is 13.3. The van der Waals surface area contributed by atoms with Crippen LogP contribution in [0.2, 0.25) is 0 Å². The fraction of sp³-hybridized carbons (Fsp3) is 0.455. The maximum Gasteiger partial charge on any atom is 0.195 e. The minimum atomic E-state index is -0.838. The zero-order valence-corrected chi connectivity index (χ0v) is 10.2. The molecule has 0 radical (unpaired) electrons. The summed E-state index contributed by atoms with van der Waals surface area (Å²) >= 11 is 2.99. The average molecular weight is 290 g/mol. The fourth-order valence-corrected chi connectivity index (χ4v) is 2.10. The number of rotatable bonds is 3. The van der Waals surface area contributed by atoms with Gasteiger partial charge in [0.25, 0.3) is 0 Å². The Morgan fingerprint density at radius 1 is 1.38 bits per heavy atom. The van der Waals surface area contributed by atoms with Crippen LogP contribution in [0.1, 0.15) is 24.8 Å². The second kappa shape index (κ2) is 3.89. The molecule has 1 aromatic carbocycles. The molecule has 2 rings (SSSR count). The monoisotopic (exact) mass is 289 g/mol. The van der Waals surface area contributed by atoms with Crippen molar-refractivity contribution in [3.8, 4) is 11.5 Å². The molecule has 0 atom stereocenters. The molecule has 1 fully saturated rings. The number of halogens is 2. The first-order chi connectivity index (χ1) is 7.43. The van der Waals surface area contributed by atoms with Crippen LogP contribution in [0.3, 0.4) is 0 Å². The van der Waals surface area contributed by atoms with E-state index in [9.17, 15) is 14.6 Å². The van der Waals surface area contributed by atoms with Crippen LogP contribution in [0.25, 0.3) is 0 Å². The third-order valence-corrected chi connectivity index (χ3v) is 3.61. The number of aromatic hydroxyl groups is 2. The molecule has 4 N–H and O–H groups in total. The largest absolute Gasteiger partial charge is 0.504 e. The summed E-state index contributed by atoms with van der Waals surface area (Å²) in [6.45, 7) is 0. The van der Waals surface area contributed by atoms with Gasteiger partial charge < -0.3 is 15.9 Å². The molecule has 1 saturated carbocycles. The Bertz CT molecular complexity index is 432. The van der Waals surface area contributed by atoms with Crippen molar-refractivity contribution in [2.24, 2.45) is 5.73 Å². The molecule has 0 saturated heterocycles. The molecule has 16 heavy (non-hydrogen) atoms. The van der Waals surface area contributed by atoms with Gasteiger partial charge in [-0.3, -0.25) is 0 Å². The van der Waals surface area contributed by atoms with Crippen molar-refractivity contribution in [2.75, 3.05) is 0 Å². The van der Waals surface area contributed by atoms with E-state index in [1.807, 2.05) is 0 Å². The molecule has 1 aromatic rings. The summed E-state index contributed by atoms with van der Waals surface area (Å²) in [7, 11) is 0. The SMILES string of the molecule is NC1(CCc2cc(Br)c(F)c(O)c2O)CC1. The molecule has 0 amide bonds. The Hall–Kier alpha value is -0.810. The quantitative estimate of drug-likeness (QED) is 0.749. The van der Waals surface area contributed by atoms with E-state index in [0.29, 0.717) is 12.0 Å². The van der Waals surface area contributed by atoms with Gasteiger partial charge in [0.1, 0.15) is 0 Å². The number of benzene rings is 1. The number of nitrogens with two attached hydrogens (primary N) is 1. The van der Waals surface area contributed by atoms with Crippen LogP contribution in [0.15, 0.2) is 10.5 Å². The minimum absolute atomic E-state index is 0.122. The van der Waals surface area contributed by atoms with E-state index in [0.717, 1.165) is 19.3 Å². The maximum atomic E-state index is 13.2. The standard InChI is InChI=1S/C11H13BrFNO2/c12-7-5-6(1-2-11(14)3-4-11)9(15)10(16)8(7)13/h5,15-16H,1-4,14H2. The van der Waals surface area contributed by atoms with Gasteiger partial charge in [-0.15, -0.1) is 0 Å². The van der Waals surface area contributed by atoms with E-state index in [4.69, 9.17) is 5.73 Å². The first kappa shape index (κ1) is 11.7. The maximum absolute atomic E-state index is 13.2. The Morgan fingerprint density at radius 3 is 2.56 bits per heavy atom. The summed E-state index contributed by atoms with van der Waals surface area (Å²) in [6, 6.07) is 1.48. The molecule has 1 aliphatic rings. The smallest absolute Gasteiger partial charge is 0.195 e. The van der Waals surface area contributed by atoms with Crippen LogP contribution in [-0.2, 0) is 6.42 Å². The summed E-state index contributed by atoms with van der Waals surface area (Å²) in [5.41, 5.74) is 6.31. The molecule has 5 heteroatoms. The van der Waals surface area contributed by atoms with Crippen molar-refractivity contribution < 1.29 is 14.6 Å². The van der Waals surface area contributed by atoms with E-state index in [1.54, 1.807) is 0 Å². The van der Waals surface area contributed by atoms with E-state index < -0.39 is 11.6 Å². The molecule has 0 heterocycles. The van der Waals surface area contributed by atoms with Crippen molar-refractivity contribution in [3.63, 3.8) is 0 Å². The van der Waals surface area contributed by atoms with Crippen molar-refractivity contribution in [1.29, 1.82) is 0 Å². The summed E-state index contributed by atoms with van der Waals surface area (Å²) in [6.07, 6.45) is 3.25. The normalized spacial score (nSPS) is 17.4. The highest BCUT2D eigenvalue weighted by atomic mass is 79.9. The van der Waals surface area contributed by atoms with Gasteiger partial charge in [0.05, 0.1) is 4.47 Å². The lowest BCUT2D eigenvalue weighted by molar-refractivity contribution is 0.373. The molecule has 3 nitrogen and oxygen atoms in total. The molecule has 0 aromatic heterocycles. The number of phenolic OH excluding ortho intramolecular Hbond substituents is 2. The van der Waals surface area contributed by atoms with E-state index in [-0.39, 0.29) is 15.8 Å². The third kappa shape index (κ3) is 2.15. The van der Waals surface area contributed by atoms with Crippen LogP contribution >= 0.6 is 15.9 Å². The minimum Gasteiger partial charge on any atom is -0.504 e. The van der Waals surface area contributed by atoms with Crippen molar-refractivity contribution in [2.45, 2.75) is 31.2 Å². The van der Waals surface area contributed by atoms with Crippen molar-refractivity contribution in [3.05, 3.63) is 21.9 Å². The van der Waals surface area contributed by atoms with Gasteiger partial charge >= 0.3 is 0 Å². The van der Waals surface area contributed by atoms with Gasteiger partial charge in [-0.25, -0.2) is 4.39 Å². The van der Waals surface area contributed by atoms with Crippen LogP contribution in [-0.4, -0.2) is 15.8 Å². The van der Waals surface area contributed by atoms with E-state index in [2.05, 4.69) is 15.9 Å². The topological polar surface area (TPSA) is 66.5 Å². The first-order valence-corrected chi connectivity index (χ1v) is 5.90. The molecular formula is C11H13BrFNO2.